The molecule has 2 aromatic rings. The number of nitriles is 1. The lowest BCUT2D eigenvalue weighted by molar-refractivity contribution is -0.152. The number of nitrogens with one attached hydrogen (secondary N) is 1. The third-order valence-electron chi connectivity index (χ3n) is 5.63. The highest BCUT2D eigenvalue weighted by atomic mass is 32.2. The number of thioether (sulfide) groups is 1. The molecular weight excluding hydrogens is 398 g/mol. The van der Waals surface area contributed by atoms with Crippen molar-refractivity contribution in [1.82, 2.24) is 9.97 Å². The van der Waals surface area contributed by atoms with Crippen LogP contribution in [0.25, 0.3) is 11.3 Å². The van der Waals surface area contributed by atoms with Crippen LogP contribution in [0.3, 0.4) is 0 Å². The second-order valence-corrected chi connectivity index (χ2v) is 9.18. The van der Waals surface area contributed by atoms with E-state index in [2.05, 4.69) is 30.7 Å². The van der Waals surface area contributed by atoms with E-state index in [4.69, 9.17) is 4.74 Å². The molecule has 1 N–H and O–H groups in total. The molecule has 30 heavy (non-hydrogen) atoms. The van der Waals surface area contributed by atoms with E-state index in [-0.39, 0.29) is 23.4 Å². The van der Waals surface area contributed by atoms with Crippen LogP contribution >= 0.6 is 11.8 Å². The molecule has 1 aromatic heterocycles. The van der Waals surface area contributed by atoms with Crippen LogP contribution in [0.1, 0.15) is 45.6 Å². The van der Waals surface area contributed by atoms with Crippen LogP contribution in [0.15, 0.2) is 40.3 Å². The zero-order chi connectivity index (χ0) is 21.7. The van der Waals surface area contributed by atoms with Gasteiger partial charge in [-0.1, -0.05) is 69.3 Å². The van der Waals surface area contributed by atoms with Crippen molar-refractivity contribution in [3.05, 3.63) is 46.2 Å². The first kappa shape index (κ1) is 22.1. The van der Waals surface area contributed by atoms with Crippen molar-refractivity contribution in [1.29, 1.82) is 5.26 Å². The standard InChI is InChI=1S/C23H27N3O3S/c1-14(2)17-10-9-15(3)11-19(17)29-20(27)13-30-23-25-21(16-7-5-4-6-8-16)18(12-24)22(28)26-23/h4-8,14-15,17,19H,9-11,13H2,1-3H3,(H,25,26,28)/t15-,17-,19+/m0/s1. The molecule has 3 rings (SSSR count). The van der Waals surface area contributed by atoms with Crippen LogP contribution in [0.4, 0.5) is 0 Å². The first-order valence-corrected chi connectivity index (χ1v) is 11.3. The largest absolute Gasteiger partial charge is 0.461 e. The van der Waals surface area contributed by atoms with Crippen molar-refractivity contribution >= 4 is 17.7 Å². The van der Waals surface area contributed by atoms with Crippen molar-refractivity contribution < 1.29 is 9.53 Å². The molecule has 1 fully saturated rings. The van der Waals surface area contributed by atoms with Gasteiger partial charge in [0.2, 0.25) is 0 Å². The zero-order valence-electron chi connectivity index (χ0n) is 17.6. The second-order valence-electron chi connectivity index (χ2n) is 8.22. The SMILES string of the molecule is CC(C)[C@@H]1CC[C@H](C)C[C@H]1OC(=O)CSc1nc(-c2ccccc2)c(C#N)c(=O)[nH]1. The van der Waals surface area contributed by atoms with Crippen molar-refractivity contribution in [2.45, 2.75) is 51.3 Å². The molecule has 0 radical (unpaired) electrons. The summed E-state index contributed by atoms with van der Waals surface area (Å²) in [6.07, 6.45) is 3.08. The monoisotopic (exact) mass is 425 g/mol. The zero-order valence-corrected chi connectivity index (χ0v) is 18.4. The first-order valence-electron chi connectivity index (χ1n) is 10.3. The van der Waals surface area contributed by atoms with Gasteiger partial charge < -0.3 is 9.72 Å². The minimum Gasteiger partial charge on any atom is -0.461 e. The van der Waals surface area contributed by atoms with E-state index >= 15 is 0 Å². The Hall–Kier alpha value is -2.59. The quantitative estimate of drug-likeness (QED) is 0.418. The van der Waals surface area contributed by atoms with Crippen LogP contribution < -0.4 is 5.56 Å². The van der Waals surface area contributed by atoms with E-state index in [1.165, 1.54) is 6.42 Å². The average molecular weight is 426 g/mol. The number of hydrogen-bond donors (Lipinski definition) is 1. The third kappa shape index (κ3) is 5.31. The molecule has 0 aliphatic heterocycles. The Morgan fingerprint density at radius 1 is 1.33 bits per heavy atom. The van der Waals surface area contributed by atoms with E-state index in [9.17, 15) is 14.9 Å². The summed E-state index contributed by atoms with van der Waals surface area (Å²) in [6.45, 7) is 6.54. The number of aromatic nitrogens is 2. The lowest BCUT2D eigenvalue weighted by Gasteiger charge is -2.36. The summed E-state index contributed by atoms with van der Waals surface area (Å²) in [5.74, 6) is 1.15. The Bertz CT molecular complexity index is 981. The molecule has 7 heteroatoms. The van der Waals surface area contributed by atoms with Gasteiger partial charge in [0.25, 0.3) is 5.56 Å². The smallest absolute Gasteiger partial charge is 0.316 e. The number of esters is 1. The van der Waals surface area contributed by atoms with E-state index in [1.54, 1.807) is 12.1 Å². The summed E-state index contributed by atoms with van der Waals surface area (Å²) in [4.78, 5) is 31.9. The van der Waals surface area contributed by atoms with Crippen LogP contribution in [-0.4, -0.2) is 27.8 Å². The average Bonchev–Trinajstić information content (AvgIpc) is 2.72. The maximum Gasteiger partial charge on any atom is 0.316 e. The van der Waals surface area contributed by atoms with Gasteiger partial charge in [-0.3, -0.25) is 9.59 Å². The van der Waals surface area contributed by atoms with Gasteiger partial charge in [-0.15, -0.1) is 0 Å². The van der Waals surface area contributed by atoms with Gasteiger partial charge in [0, 0.05) is 5.56 Å². The van der Waals surface area contributed by atoms with Crippen LogP contribution in [0.2, 0.25) is 0 Å². The van der Waals surface area contributed by atoms with Gasteiger partial charge in [-0.2, -0.15) is 5.26 Å². The second kappa shape index (κ2) is 9.94. The van der Waals surface area contributed by atoms with Crippen molar-refractivity contribution in [3.63, 3.8) is 0 Å². The number of rotatable bonds is 6. The Morgan fingerprint density at radius 2 is 2.07 bits per heavy atom. The molecule has 158 valence electrons. The lowest BCUT2D eigenvalue weighted by Crippen LogP contribution is -2.36. The minimum absolute atomic E-state index is 0.0379. The molecule has 1 aromatic carbocycles. The summed E-state index contributed by atoms with van der Waals surface area (Å²) < 4.78 is 5.82. The van der Waals surface area contributed by atoms with Crippen molar-refractivity contribution in [2.75, 3.05) is 5.75 Å². The Balaban J connectivity index is 1.71. The molecular formula is C23H27N3O3S. The van der Waals surface area contributed by atoms with Gasteiger partial charge >= 0.3 is 5.97 Å². The topological polar surface area (TPSA) is 95.8 Å². The lowest BCUT2D eigenvalue weighted by atomic mass is 9.75. The molecule has 6 nitrogen and oxygen atoms in total. The van der Waals surface area contributed by atoms with Gasteiger partial charge in [0.05, 0.1) is 11.4 Å². The third-order valence-corrected chi connectivity index (χ3v) is 6.47. The van der Waals surface area contributed by atoms with Gasteiger partial charge in [-0.05, 0) is 30.6 Å². The molecule has 1 heterocycles. The summed E-state index contributed by atoms with van der Waals surface area (Å²) >= 11 is 1.12. The van der Waals surface area contributed by atoms with Gasteiger partial charge in [0.15, 0.2) is 5.16 Å². The Morgan fingerprint density at radius 3 is 2.73 bits per heavy atom. The van der Waals surface area contributed by atoms with Crippen LogP contribution in [-0.2, 0) is 9.53 Å². The normalized spacial score (nSPS) is 21.2. The predicted octanol–water partition coefficient (Wildman–Crippen LogP) is 4.40. The number of carbonyl (C=O) groups excluding carboxylic acids is 1. The fraction of sp³-hybridized carbons (Fsp3) is 0.478. The molecule has 0 spiro atoms. The highest BCUT2D eigenvalue weighted by molar-refractivity contribution is 7.99. The fourth-order valence-electron chi connectivity index (χ4n) is 4.01. The molecule has 0 unspecified atom stereocenters. The molecule has 1 aliphatic rings. The summed E-state index contributed by atoms with van der Waals surface area (Å²) in [7, 11) is 0. The van der Waals surface area contributed by atoms with E-state index in [0.29, 0.717) is 34.2 Å². The van der Waals surface area contributed by atoms with Gasteiger partial charge in [0.1, 0.15) is 17.7 Å². The summed E-state index contributed by atoms with van der Waals surface area (Å²) in [5.41, 5.74) is 0.450. The molecule has 0 amide bonds. The van der Waals surface area contributed by atoms with E-state index in [0.717, 1.165) is 24.6 Å². The molecule has 0 saturated heterocycles. The molecule has 3 atom stereocenters. The Labute approximate surface area is 181 Å². The Kier molecular flexibility index (Phi) is 7.33. The highest BCUT2D eigenvalue weighted by Gasteiger charge is 2.33. The number of benzene rings is 1. The molecule has 1 aliphatic carbocycles. The number of nitrogens with zero attached hydrogens (tertiary/aromatic N) is 2. The number of ether oxygens (including phenoxy) is 1. The van der Waals surface area contributed by atoms with Crippen LogP contribution in [0, 0.1) is 29.1 Å². The number of hydrogen-bond acceptors (Lipinski definition) is 6. The molecule has 1 saturated carbocycles. The van der Waals surface area contributed by atoms with Crippen molar-refractivity contribution in [2.24, 2.45) is 17.8 Å². The summed E-state index contributed by atoms with van der Waals surface area (Å²) in [5, 5.41) is 9.65. The number of H-pyrrole nitrogens is 1. The maximum absolute atomic E-state index is 12.5. The van der Waals surface area contributed by atoms with Gasteiger partial charge in [-0.25, -0.2) is 4.98 Å². The molecule has 0 bridgehead atoms. The predicted molar refractivity (Wildman–Crippen MR) is 117 cm³/mol. The summed E-state index contributed by atoms with van der Waals surface area (Å²) in [6, 6.07) is 11.0. The van der Waals surface area contributed by atoms with Crippen LogP contribution in [0.5, 0.6) is 0 Å². The van der Waals surface area contributed by atoms with E-state index in [1.807, 2.05) is 24.3 Å². The minimum atomic E-state index is -0.511. The fourth-order valence-corrected chi connectivity index (χ4v) is 4.65. The highest BCUT2D eigenvalue weighted by Crippen LogP contribution is 2.35. The maximum atomic E-state index is 12.5. The number of carbonyl (C=O) groups is 1. The van der Waals surface area contributed by atoms with E-state index < -0.39 is 5.56 Å². The number of aromatic amines is 1. The first-order chi connectivity index (χ1) is 14.4. The van der Waals surface area contributed by atoms with Crippen molar-refractivity contribution in [3.8, 4) is 17.3 Å².